The summed E-state index contributed by atoms with van der Waals surface area (Å²) in [5.41, 5.74) is 0.0773. The molecule has 1 aromatic rings. The molecule has 0 aromatic carbocycles. The highest BCUT2D eigenvalue weighted by Gasteiger charge is 2.35. The second-order valence-corrected chi connectivity index (χ2v) is 6.34. The summed E-state index contributed by atoms with van der Waals surface area (Å²) in [5, 5.41) is 9.35. The standard InChI is InChI=1S/C10H18N4O3S/c1-10(3-4-17-7-10)14-18(15,16)9-8(5-11-2)6-12-13-9/h6,11,14H,3-5,7H2,1-2H3,(H,12,13). The minimum atomic E-state index is -3.60. The van der Waals surface area contributed by atoms with Crippen LogP contribution in [0.5, 0.6) is 0 Å². The van der Waals surface area contributed by atoms with Gasteiger partial charge in [0.05, 0.1) is 18.3 Å². The van der Waals surface area contributed by atoms with E-state index < -0.39 is 15.6 Å². The maximum absolute atomic E-state index is 12.3. The lowest BCUT2D eigenvalue weighted by atomic mass is 10.0. The van der Waals surface area contributed by atoms with E-state index in [1.54, 1.807) is 7.05 Å². The van der Waals surface area contributed by atoms with Crippen LogP contribution < -0.4 is 10.0 Å². The third-order valence-corrected chi connectivity index (χ3v) is 4.57. The Labute approximate surface area is 106 Å². The zero-order valence-electron chi connectivity index (χ0n) is 10.5. The Bertz CT molecular complexity index is 505. The van der Waals surface area contributed by atoms with Gasteiger partial charge < -0.3 is 10.1 Å². The van der Waals surface area contributed by atoms with Crippen LogP contribution in [0.2, 0.25) is 0 Å². The minimum Gasteiger partial charge on any atom is -0.379 e. The van der Waals surface area contributed by atoms with Crippen LogP contribution in [-0.4, -0.2) is 44.4 Å². The van der Waals surface area contributed by atoms with E-state index in [0.717, 1.165) is 0 Å². The zero-order chi connectivity index (χ0) is 13.2. The quantitative estimate of drug-likeness (QED) is 0.678. The highest BCUT2D eigenvalue weighted by Crippen LogP contribution is 2.21. The maximum Gasteiger partial charge on any atom is 0.258 e. The van der Waals surface area contributed by atoms with Crippen molar-refractivity contribution < 1.29 is 13.2 Å². The highest BCUT2D eigenvalue weighted by atomic mass is 32.2. The molecule has 0 saturated carbocycles. The van der Waals surface area contributed by atoms with E-state index in [1.165, 1.54) is 6.20 Å². The topological polar surface area (TPSA) is 96.1 Å². The van der Waals surface area contributed by atoms with Crippen molar-refractivity contribution in [1.82, 2.24) is 20.2 Å². The third kappa shape index (κ3) is 2.72. The molecule has 1 saturated heterocycles. The lowest BCUT2D eigenvalue weighted by Crippen LogP contribution is -2.46. The van der Waals surface area contributed by atoms with Gasteiger partial charge in [-0.3, -0.25) is 5.10 Å². The molecule has 1 unspecified atom stereocenters. The molecule has 0 amide bonds. The largest absolute Gasteiger partial charge is 0.379 e. The summed E-state index contributed by atoms with van der Waals surface area (Å²) in [7, 11) is -1.85. The zero-order valence-corrected chi connectivity index (χ0v) is 11.3. The van der Waals surface area contributed by atoms with Gasteiger partial charge in [0.15, 0.2) is 5.03 Å². The number of hydrogen-bond donors (Lipinski definition) is 3. The summed E-state index contributed by atoms with van der Waals surface area (Å²) >= 11 is 0. The minimum absolute atomic E-state index is 0.116. The molecule has 0 aliphatic carbocycles. The molecule has 1 atom stereocenters. The number of rotatable bonds is 5. The number of nitrogens with one attached hydrogen (secondary N) is 3. The van der Waals surface area contributed by atoms with Crippen molar-refractivity contribution in [1.29, 1.82) is 0 Å². The number of hydrogen-bond acceptors (Lipinski definition) is 5. The Morgan fingerprint density at radius 3 is 3.00 bits per heavy atom. The van der Waals surface area contributed by atoms with E-state index in [4.69, 9.17) is 4.74 Å². The van der Waals surface area contributed by atoms with Gasteiger partial charge in [-0.15, -0.1) is 0 Å². The first kappa shape index (κ1) is 13.5. The van der Waals surface area contributed by atoms with Gasteiger partial charge >= 0.3 is 0 Å². The molecule has 1 aromatic heterocycles. The average Bonchev–Trinajstić information content (AvgIpc) is 2.87. The Hall–Kier alpha value is -0.960. The van der Waals surface area contributed by atoms with Crippen molar-refractivity contribution in [3.05, 3.63) is 11.8 Å². The molecule has 0 radical (unpaired) electrons. The van der Waals surface area contributed by atoms with Crippen molar-refractivity contribution in [2.45, 2.75) is 30.5 Å². The molecular weight excluding hydrogens is 256 g/mol. The van der Waals surface area contributed by atoms with E-state index in [2.05, 4.69) is 20.2 Å². The lowest BCUT2D eigenvalue weighted by Gasteiger charge is -2.22. The number of aromatic nitrogens is 2. The molecule has 8 heteroatoms. The molecule has 1 aliphatic rings. The molecule has 18 heavy (non-hydrogen) atoms. The van der Waals surface area contributed by atoms with Crippen molar-refractivity contribution in [2.24, 2.45) is 0 Å². The van der Waals surface area contributed by atoms with Crippen LogP contribution in [0.1, 0.15) is 18.9 Å². The van der Waals surface area contributed by atoms with Crippen LogP contribution in [0.4, 0.5) is 0 Å². The van der Waals surface area contributed by atoms with Crippen LogP contribution in [-0.2, 0) is 21.3 Å². The van der Waals surface area contributed by atoms with Gasteiger partial charge in [-0.2, -0.15) is 5.10 Å². The number of aromatic amines is 1. The molecule has 0 bridgehead atoms. The van der Waals surface area contributed by atoms with Crippen LogP contribution >= 0.6 is 0 Å². The summed E-state index contributed by atoms with van der Waals surface area (Å²) in [6, 6.07) is 0. The first-order chi connectivity index (χ1) is 8.47. The van der Waals surface area contributed by atoms with Crippen LogP contribution in [0.3, 0.4) is 0 Å². The predicted octanol–water partition coefficient (Wildman–Crippen LogP) is -0.414. The molecule has 3 N–H and O–H groups in total. The Kier molecular flexibility index (Phi) is 3.71. The number of nitrogens with zero attached hydrogens (tertiary/aromatic N) is 1. The van der Waals surface area contributed by atoms with E-state index in [-0.39, 0.29) is 5.03 Å². The van der Waals surface area contributed by atoms with Crippen molar-refractivity contribution in [3.63, 3.8) is 0 Å². The second-order valence-electron chi connectivity index (χ2n) is 4.72. The summed E-state index contributed by atoms with van der Waals surface area (Å²) in [6.45, 7) is 3.25. The maximum atomic E-state index is 12.3. The van der Waals surface area contributed by atoms with Crippen molar-refractivity contribution >= 4 is 10.0 Å². The molecule has 2 rings (SSSR count). The number of H-pyrrole nitrogens is 1. The van der Waals surface area contributed by atoms with Gasteiger partial charge in [-0.1, -0.05) is 0 Å². The number of ether oxygens (including phenoxy) is 1. The summed E-state index contributed by atoms with van der Waals surface area (Å²) in [4.78, 5) is 0. The first-order valence-electron chi connectivity index (χ1n) is 5.75. The van der Waals surface area contributed by atoms with Gasteiger partial charge in [0.25, 0.3) is 10.0 Å². The summed E-state index contributed by atoms with van der Waals surface area (Å²) < 4.78 is 32.5. The summed E-state index contributed by atoms with van der Waals surface area (Å²) in [6.07, 6.45) is 2.18. The fourth-order valence-corrected chi connectivity index (χ4v) is 3.53. The number of sulfonamides is 1. The van der Waals surface area contributed by atoms with Crippen molar-refractivity contribution in [2.75, 3.05) is 20.3 Å². The second kappa shape index (κ2) is 4.96. The van der Waals surface area contributed by atoms with E-state index in [1.807, 2.05) is 6.92 Å². The van der Waals surface area contributed by atoms with Crippen molar-refractivity contribution in [3.8, 4) is 0 Å². The van der Waals surface area contributed by atoms with Gasteiger partial charge in [0.2, 0.25) is 0 Å². The smallest absolute Gasteiger partial charge is 0.258 e. The van der Waals surface area contributed by atoms with Crippen LogP contribution in [0.15, 0.2) is 11.2 Å². The van der Waals surface area contributed by atoms with Crippen LogP contribution in [0.25, 0.3) is 0 Å². The van der Waals surface area contributed by atoms with E-state index in [9.17, 15) is 8.42 Å². The first-order valence-corrected chi connectivity index (χ1v) is 7.24. The monoisotopic (exact) mass is 274 g/mol. The van der Waals surface area contributed by atoms with Crippen LogP contribution in [0, 0.1) is 0 Å². The van der Waals surface area contributed by atoms with E-state index in [0.29, 0.717) is 31.7 Å². The molecule has 1 aliphatic heterocycles. The lowest BCUT2D eigenvalue weighted by molar-refractivity contribution is 0.178. The fraction of sp³-hybridized carbons (Fsp3) is 0.700. The Morgan fingerprint density at radius 2 is 2.39 bits per heavy atom. The predicted molar refractivity (Wildman–Crippen MR) is 65.5 cm³/mol. The van der Waals surface area contributed by atoms with Gasteiger partial charge in [0, 0.05) is 18.7 Å². The normalized spacial score (nSPS) is 24.6. The average molecular weight is 274 g/mol. The third-order valence-electron chi connectivity index (χ3n) is 2.91. The summed E-state index contributed by atoms with van der Waals surface area (Å²) in [5.74, 6) is 0. The molecular formula is C10H18N4O3S. The van der Waals surface area contributed by atoms with Gasteiger partial charge in [-0.25, -0.2) is 13.1 Å². The molecule has 1 fully saturated rings. The molecule has 102 valence electrons. The SMILES string of the molecule is CNCc1cn[nH]c1S(=O)(=O)NC1(C)CCOC1. The molecule has 0 spiro atoms. The van der Waals surface area contributed by atoms with Gasteiger partial charge in [0.1, 0.15) is 0 Å². The Morgan fingerprint density at radius 1 is 1.61 bits per heavy atom. The Balaban J connectivity index is 2.22. The molecule has 2 heterocycles. The highest BCUT2D eigenvalue weighted by molar-refractivity contribution is 7.89. The molecule has 7 nitrogen and oxygen atoms in total. The fourth-order valence-electron chi connectivity index (χ4n) is 1.97. The van der Waals surface area contributed by atoms with Gasteiger partial charge in [-0.05, 0) is 20.4 Å². The van der Waals surface area contributed by atoms with E-state index >= 15 is 0 Å².